The Morgan fingerprint density at radius 2 is 1.75 bits per heavy atom. The first-order chi connectivity index (χ1) is 9.41. The first kappa shape index (κ1) is 13.8. The fourth-order valence-corrected chi connectivity index (χ4v) is 1.90. The maximum Gasteiger partial charge on any atom is 0.250 e. The number of rotatable bonds is 3. The molecule has 0 aliphatic rings. The van der Waals surface area contributed by atoms with Gasteiger partial charge in [0.2, 0.25) is 0 Å². The molecule has 104 valence electrons. The number of nitrogens with two attached hydrogens (primary N) is 2. The lowest BCUT2D eigenvalue weighted by atomic mass is 10.1. The van der Waals surface area contributed by atoms with E-state index in [-0.39, 0.29) is 22.6 Å². The van der Waals surface area contributed by atoms with Crippen molar-refractivity contribution in [2.24, 2.45) is 5.73 Å². The van der Waals surface area contributed by atoms with Gasteiger partial charge in [0.1, 0.15) is 11.6 Å². The maximum atomic E-state index is 14.0. The molecule has 0 aliphatic carbocycles. The Kier molecular flexibility index (Phi) is 3.56. The van der Waals surface area contributed by atoms with Gasteiger partial charge in [-0.1, -0.05) is 12.1 Å². The molecule has 4 N–H and O–H groups in total. The van der Waals surface area contributed by atoms with Crippen molar-refractivity contribution in [3.63, 3.8) is 0 Å². The lowest BCUT2D eigenvalue weighted by Gasteiger charge is -2.21. The van der Waals surface area contributed by atoms with Crippen LogP contribution in [0.1, 0.15) is 10.4 Å². The third-order valence-electron chi connectivity index (χ3n) is 2.96. The molecule has 0 unspecified atom stereocenters. The van der Waals surface area contributed by atoms with Gasteiger partial charge in [-0.25, -0.2) is 8.78 Å². The van der Waals surface area contributed by atoms with Crippen molar-refractivity contribution in [2.45, 2.75) is 0 Å². The molecule has 0 saturated carbocycles. The van der Waals surface area contributed by atoms with Gasteiger partial charge in [-0.2, -0.15) is 0 Å². The maximum absolute atomic E-state index is 14.0. The molecule has 1 amide bonds. The zero-order chi connectivity index (χ0) is 14.9. The third-order valence-corrected chi connectivity index (χ3v) is 2.96. The molecule has 0 bridgehead atoms. The minimum atomic E-state index is -0.773. The van der Waals surface area contributed by atoms with E-state index in [0.717, 1.165) is 6.07 Å². The summed E-state index contributed by atoms with van der Waals surface area (Å²) >= 11 is 0. The minimum absolute atomic E-state index is 0.00964. The van der Waals surface area contributed by atoms with Crippen molar-refractivity contribution in [3.05, 3.63) is 53.6 Å². The summed E-state index contributed by atoms with van der Waals surface area (Å²) in [5.41, 5.74) is 10.8. The van der Waals surface area contributed by atoms with Gasteiger partial charge in [0.05, 0.1) is 16.9 Å². The fourth-order valence-electron chi connectivity index (χ4n) is 1.90. The van der Waals surface area contributed by atoms with Crippen LogP contribution in [0.2, 0.25) is 0 Å². The summed E-state index contributed by atoms with van der Waals surface area (Å²) in [6.07, 6.45) is 0. The van der Waals surface area contributed by atoms with Gasteiger partial charge < -0.3 is 16.4 Å². The van der Waals surface area contributed by atoms with Crippen molar-refractivity contribution >= 4 is 23.0 Å². The smallest absolute Gasteiger partial charge is 0.250 e. The molecule has 2 aromatic rings. The van der Waals surface area contributed by atoms with Gasteiger partial charge in [-0.3, -0.25) is 4.79 Å². The predicted octanol–water partition coefficient (Wildman–Crippen LogP) is 2.41. The van der Waals surface area contributed by atoms with Crippen LogP contribution in [0.4, 0.5) is 25.8 Å². The average molecular weight is 277 g/mol. The molecule has 6 heteroatoms. The number of para-hydroxylation sites is 1. The normalized spacial score (nSPS) is 10.3. The number of amides is 1. The van der Waals surface area contributed by atoms with Crippen molar-refractivity contribution in [3.8, 4) is 0 Å². The van der Waals surface area contributed by atoms with Crippen molar-refractivity contribution < 1.29 is 13.6 Å². The molecule has 0 heterocycles. The summed E-state index contributed by atoms with van der Waals surface area (Å²) in [4.78, 5) is 12.5. The Hall–Kier alpha value is -2.63. The number of primary amides is 1. The number of carbonyl (C=O) groups is 1. The van der Waals surface area contributed by atoms with Crippen LogP contribution >= 0.6 is 0 Å². The average Bonchev–Trinajstić information content (AvgIpc) is 2.38. The van der Waals surface area contributed by atoms with Gasteiger partial charge in [0, 0.05) is 12.7 Å². The van der Waals surface area contributed by atoms with E-state index < -0.39 is 17.5 Å². The second-order valence-corrected chi connectivity index (χ2v) is 4.27. The van der Waals surface area contributed by atoms with Crippen LogP contribution in [-0.2, 0) is 0 Å². The van der Waals surface area contributed by atoms with Crippen molar-refractivity contribution in [1.29, 1.82) is 0 Å². The SMILES string of the molecule is CN(c1ccccc1F)c1cc(C(N)=O)c(N)cc1F. The van der Waals surface area contributed by atoms with E-state index in [0.29, 0.717) is 0 Å². The Morgan fingerprint density at radius 3 is 2.35 bits per heavy atom. The van der Waals surface area contributed by atoms with Crippen molar-refractivity contribution in [2.75, 3.05) is 17.7 Å². The zero-order valence-electron chi connectivity index (χ0n) is 10.7. The predicted molar refractivity (Wildman–Crippen MR) is 73.8 cm³/mol. The van der Waals surface area contributed by atoms with E-state index in [1.807, 2.05) is 0 Å². The molecule has 2 aromatic carbocycles. The second-order valence-electron chi connectivity index (χ2n) is 4.27. The summed E-state index contributed by atoms with van der Waals surface area (Å²) in [5.74, 6) is -1.95. The van der Waals surface area contributed by atoms with Crippen LogP contribution in [0.3, 0.4) is 0 Å². The van der Waals surface area contributed by atoms with Crippen LogP contribution in [0, 0.1) is 11.6 Å². The first-order valence-electron chi connectivity index (χ1n) is 5.79. The van der Waals surface area contributed by atoms with E-state index in [4.69, 9.17) is 11.5 Å². The third kappa shape index (κ3) is 2.40. The molecule has 20 heavy (non-hydrogen) atoms. The summed E-state index contributed by atoms with van der Waals surface area (Å²) < 4.78 is 27.7. The zero-order valence-corrected chi connectivity index (χ0v) is 10.7. The highest BCUT2D eigenvalue weighted by molar-refractivity contribution is 5.99. The Balaban J connectivity index is 2.55. The van der Waals surface area contributed by atoms with Gasteiger partial charge in [-0.05, 0) is 24.3 Å². The van der Waals surface area contributed by atoms with Crippen molar-refractivity contribution in [1.82, 2.24) is 0 Å². The standard InChI is InChI=1S/C14H13F2N3O/c1-19(12-5-3-2-4-9(12)15)13-6-8(14(18)20)11(17)7-10(13)16/h2-7H,17H2,1H3,(H2,18,20). The molecule has 4 nitrogen and oxygen atoms in total. The van der Waals surface area contributed by atoms with E-state index in [1.54, 1.807) is 6.07 Å². The molecular formula is C14H13F2N3O. The number of hydrogen-bond donors (Lipinski definition) is 2. The van der Waals surface area contributed by atoms with E-state index >= 15 is 0 Å². The summed E-state index contributed by atoms with van der Waals surface area (Å²) in [7, 11) is 1.48. The second kappa shape index (κ2) is 5.16. The molecule has 0 fully saturated rings. The highest BCUT2D eigenvalue weighted by Crippen LogP contribution is 2.31. The van der Waals surface area contributed by atoms with E-state index in [1.165, 1.54) is 36.2 Å². The molecule has 2 rings (SSSR count). The quantitative estimate of drug-likeness (QED) is 0.846. The van der Waals surface area contributed by atoms with Crippen LogP contribution < -0.4 is 16.4 Å². The molecule has 0 spiro atoms. The minimum Gasteiger partial charge on any atom is -0.398 e. The molecule has 0 aliphatic heterocycles. The number of benzene rings is 2. The Bertz CT molecular complexity index is 673. The summed E-state index contributed by atoms with van der Waals surface area (Å²) in [5, 5.41) is 0. The van der Waals surface area contributed by atoms with E-state index in [9.17, 15) is 13.6 Å². The van der Waals surface area contributed by atoms with Gasteiger partial charge in [0.15, 0.2) is 0 Å². The molecule has 0 aromatic heterocycles. The lowest BCUT2D eigenvalue weighted by molar-refractivity contribution is 0.100. The van der Waals surface area contributed by atoms with Crippen LogP contribution in [0.25, 0.3) is 0 Å². The number of anilines is 3. The van der Waals surface area contributed by atoms with Crippen LogP contribution in [0.15, 0.2) is 36.4 Å². The molecule has 0 saturated heterocycles. The van der Waals surface area contributed by atoms with E-state index in [2.05, 4.69) is 0 Å². The van der Waals surface area contributed by atoms with Crippen LogP contribution in [0.5, 0.6) is 0 Å². The molecule has 0 atom stereocenters. The van der Waals surface area contributed by atoms with Gasteiger partial charge in [-0.15, -0.1) is 0 Å². The number of nitrogens with zero attached hydrogens (tertiary/aromatic N) is 1. The lowest BCUT2D eigenvalue weighted by Crippen LogP contribution is -2.18. The summed E-state index contributed by atoms with van der Waals surface area (Å²) in [6.45, 7) is 0. The molecular weight excluding hydrogens is 264 g/mol. The van der Waals surface area contributed by atoms with Gasteiger partial charge in [0.25, 0.3) is 5.91 Å². The highest BCUT2D eigenvalue weighted by atomic mass is 19.1. The highest BCUT2D eigenvalue weighted by Gasteiger charge is 2.17. The Morgan fingerprint density at radius 1 is 1.10 bits per heavy atom. The topological polar surface area (TPSA) is 72.3 Å². The number of halogens is 2. The van der Waals surface area contributed by atoms with Gasteiger partial charge >= 0.3 is 0 Å². The number of hydrogen-bond acceptors (Lipinski definition) is 3. The number of nitrogen functional groups attached to an aromatic ring is 1. The molecule has 0 radical (unpaired) electrons. The first-order valence-corrected chi connectivity index (χ1v) is 5.79. The Labute approximate surface area is 114 Å². The van der Waals surface area contributed by atoms with Crippen LogP contribution in [-0.4, -0.2) is 13.0 Å². The summed E-state index contributed by atoms with van der Waals surface area (Å²) in [6, 6.07) is 8.11. The monoisotopic (exact) mass is 277 g/mol. The fraction of sp³-hybridized carbons (Fsp3) is 0.0714. The largest absolute Gasteiger partial charge is 0.398 e. The number of carbonyl (C=O) groups excluding carboxylic acids is 1.